The van der Waals surface area contributed by atoms with Gasteiger partial charge in [-0.3, -0.25) is 4.57 Å². The van der Waals surface area contributed by atoms with Crippen molar-refractivity contribution in [2.24, 2.45) is 5.73 Å². The number of anilines is 1. The zero-order chi connectivity index (χ0) is 22.6. The molecular formula is C18H17BrF3N7O2. The number of nitrogens with zero attached hydrogens (tertiary/aromatic N) is 3. The number of hydrogen-bond donors (Lipinski definition) is 4. The normalized spacial score (nSPS) is 12.1. The number of alkyl halides is 3. The summed E-state index contributed by atoms with van der Waals surface area (Å²) in [7, 11) is 0. The molecule has 2 heterocycles. The van der Waals surface area contributed by atoms with Crippen LogP contribution in [-0.2, 0) is 6.54 Å². The van der Waals surface area contributed by atoms with Gasteiger partial charge >= 0.3 is 12.1 Å². The Kier molecular flexibility index (Phi) is 6.53. The molecule has 0 aliphatic carbocycles. The van der Waals surface area contributed by atoms with Gasteiger partial charge in [0.1, 0.15) is 11.3 Å². The Labute approximate surface area is 182 Å². The predicted molar refractivity (Wildman–Crippen MR) is 112 cm³/mol. The van der Waals surface area contributed by atoms with Gasteiger partial charge in [-0.2, -0.15) is 4.98 Å². The minimum absolute atomic E-state index is 0.130. The topological polar surface area (TPSA) is 123 Å². The molecule has 0 amide bonds. The van der Waals surface area contributed by atoms with Crippen molar-refractivity contribution in [2.75, 3.05) is 11.9 Å². The third-order valence-electron chi connectivity index (χ3n) is 3.92. The smallest absolute Gasteiger partial charge is 0.405 e. The van der Waals surface area contributed by atoms with Gasteiger partial charge in [-0.15, -0.1) is 13.2 Å². The van der Waals surface area contributed by atoms with Gasteiger partial charge in [-0.25, -0.2) is 9.78 Å². The highest BCUT2D eigenvalue weighted by molar-refractivity contribution is 9.10. The lowest BCUT2D eigenvalue weighted by Gasteiger charge is -2.14. The Balaban J connectivity index is 1.93. The van der Waals surface area contributed by atoms with Crippen LogP contribution in [0.25, 0.3) is 11.2 Å². The number of rotatable bonds is 8. The highest BCUT2D eigenvalue weighted by Gasteiger charge is 2.32. The fraction of sp³-hybridized carbons (Fsp3) is 0.167. The molecule has 0 atom stereocenters. The third-order valence-corrected chi connectivity index (χ3v) is 4.42. The van der Waals surface area contributed by atoms with Gasteiger partial charge in [-0.1, -0.05) is 22.5 Å². The highest BCUT2D eigenvalue weighted by Crippen LogP contribution is 2.29. The summed E-state index contributed by atoms with van der Waals surface area (Å²) in [5.41, 5.74) is 6.33. The maximum atomic E-state index is 12.8. The quantitative estimate of drug-likeness (QED) is 0.375. The number of benzene rings is 1. The molecule has 5 N–H and O–H groups in total. The third kappa shape index (κ3) is 5.78. The first-order valence-corrected chi connectivity index (χ1v) is 9.50. The molecule has 3 rings (SSSR count). The van der Waals surface area contributed by atoms with Crippen molar-refractivity contribution in [3.8, 4) is 5.75 Å². The van der Waals surface area contributed by atoms with Crippen LogP contribution in [0.4, 0.5) is 19.1 Å². The first-order valence-electron chi connectivity index (χ1n) is 8.71. The highest BCUT2D eigenvalue weighted by atomic mass is 79.9. The number of imidazole rings is 1. The molecule has 31 heavy (non-hydrogen) atoms. The fourth-order valence-electron chi connectivity index (χ4n) is 2.64. The van der Waals surface area contributed by atoms with Gasteiger partial charge in [0.05, 0.1) is 19.3 Å². The number of nitrogens with two attached hydrogens (primary N) is 1. The van der Waals surface area contributed by atoms with Crippen LogP contribution in [0.15, 0.2) is 58.3 Å². The summed E-state index contributed by atoms with van der Waals surface area (Å²) in [6.07, 6.45) is -0.508. The summed E-state index contributed by atoms with van der Waals surface area (Å²) >= 11 is 3.22. The molecule has 13 heteroatoms. The number of fused-ring (bicyclic) bond motifs is 1. The summed E-state index contributed by atoms with van der Waals surface area (Å²) in [5, 5.41) is 5.63. The van der Waals surface area contributed by atoms with E-state index in [1.807, 2.05) is 0 Å². The van der Waals surface area contributed by atoms with Crippen LogP contribution in [0, 0.1) is 0 Å². The molecule has 1 aromatic carbocycles. The largest absolute Gasteiger partial charge is 0.573 e. The van der Waals surface area contributed by atoms with Gasteiger partial charge < -0.3 is 26.1 Å². The molecule has 0 unspecified atom stereocenters. The summed E-state index contributed by atoms with van der Waals surface area (Å²) in [6, 6.07) is 4.01. The second-order valence-electron chi connectivity index (χ2n) is 6.19. The number of nitrogens with one attached hydrogen (secondary N) is 3. The summed E-state index contributed by atoms with van der Waals surface area (Å²) in [4.78, 5) is 23.4. The summed E-state index contributed by atoms with van der Waals surface area (Å²) < 4.78 is 44.1. The minimum Gasteiger partial charge on any atom is -0.405 e. The van der Waals surface area contributed by atoms with Crippen molar-refractivity contribution in [1.29, 1.82) is 0 Å². The minimum atomic E-state index is -4.87. The number of hydrogen-bond acceptors (Lipinski definition) is 7. The monoisotopic (exact) mass is 499 g/mol. The summed E-state index contributed by atoms with van der Waals surface area (Å²) in [6.45, 7) is 3.48. The Bertz CT molecular complexity index is 1190. The molecule has 0 fully saturated rings. The fourth-order valence-corrected chi connectivity index (χ4v) is 3.05. The molecule has 0 radical (unpaired) electrons. The van der Waals surface area contributed by atoms with E-state index >= 15 is 0 Å². The standard InChI is InChI=1S/C18H17BrF3N7O2/c1-2-24-6-12(23)7-25-16-26-8-13-15(28-16)29(17(30)27-13)9-10-5-11(19)3-4-14(10)31-18(20,21)22/h2-6,8,24H,1,7,9,23H2,(H,27,30)(H,25,26,28)/b12-6-. The average Bonchev–Trinajstić information content (AvgIpc) is 3.00. The number of H-pyrrole nitrogens is 1. The van der Waals surface area contributed by atoms with Crippen molar-refractivity contribution in [2.45, 2.75) is 12.9 Å². The number of aromatic nitrogens is 4. The molecule has 164 valence electrons. The van der Waals surface area contributed by atoms with Crippen molar-refractivity contribution >= 4 is 33.0 Å². The second kappa shape index (κ2) is 9.12. The van der Waals surface area contributed by atoms with E-state index in [0.29, 0.717) is 15.7 Å². The van der Waals surface area contributed by atoms with Crippen LogP contribution in [0.5, 0.6) is 5.75 Å². The van der Waals surface area contributed by atoms with E-state index in [1.165, 1.54) is 41.4 Å². The average molecular weight is 500 g/mol. The van der Waals surface area contributed by atoms with E-state index in [-0.39, 0.29) is 30.2 Å². The van der Waals surface area contributed by atoms with Gasteiger partial charge in [0, 0.05) is 21.9 Å². The van der Waals surface area contributed by atoms with E-state index in [4.69, 9.17) is 5.73 Å². The van der Waals surface area contributed by atoms with Gasteiger partial charge in [0.15, 0.2) is 5.65 Å². The summed E-state index contributed by atoms with van der Waals surface area (Å²) in [5.74, 6) is -0.242. The maximum absolute atomic E-state index is 12.8. The SMILES string of the molecule is C=CN/C=C(\N)CNc1ncc2[nH]c(=O)n(Cc3cc(Br)ccc3OC(F)(F)F)c2n1. The second-order valence-corrected chi connectivity index (χ2v) is 7.11. The molecule has 0 spiro atoms. The van der Waals surface area contributed by atoms with Gasteiger partial charge in [0.2, 0.25) is 5.95 Å². The van der Waals surface area contributed by atoms with Crippen molar-refractivity contribution in [1.82, 2.24) is 24.8 Å². The van der Waals surface area contributed by atoms with Crippen molar-refractivity contribution < 1.29 is 17.9 Å². The Morgan fingerprint density at radius 2 is 2.19 bits per heavy atom. The zero-order valence-electron chi connectivity index (χ0n) is 15.8. The maximum Gasteiger partial charge on any atom is 0.573 e. The van der Waals surface area contributed by atoms with E-state index in [9.17, 15) is 18.0 Å². The molecule has 9 nitrogen and oxygen atoms in total. The first-order chi connectivity index (χ1) is 14.7. The zero-order valence-corrected chi connectivity index (χ0v) is 17.4. The molecule has 0 saturated carbocycles. The van der Waals surface area contributed by atoms with Crippen LogP contribution in [0.1, 0.15) is 5.56 Å². The molecule has 0 aliphatic heterocycles. The predicted octanol–water partition coefficient (Wildman–Crippen LogP) is 2.77. The molecule has 0 bridgehead atoms. The van der Waals surface area contributed by atoms with Gasteiger partial charge in [-0.05, 0) is 24.4 Å². The van der Waals surface area contributed by atoms with Crippen LogP contribution < -0.4 is 26.8 Å². The van der Waals surface area contributed by atoms with Crippen molar-refractivity contribution in [3.63, 3.8) is 0 Å². The molecule has 2 aromatic heterocycles. The molecule has 0 aliphatic rings. The lowest BCUT2D eigenvalue weighted by molar-refractivity contribution is -0.274. The first kappa shape index (κ1) is 22.2. The van der Waals surface area contributed by atoms with Crippen LogP contribution >= 0.6 is 15.9 Å². The molecule has 3 aromatic rings. The number of ether oxygens (including phenoxy) is 1. The van der Waals surface area contributed by atoms with E-state index in [2.05, 4.69) is 52.8 Å². The Hall–Kier alpha value is -3.48. The van der Waals surface area contributed by atoms with Crippen LogP contribution in [0.3, 0.4) is 0 Å². The van der Waals surface area contributed by atoms with E-state index < -0.39 is 17.8 Å². The number of aromatic amines is 1. The van der Waals surface area contributed by atoms with E-state index in [0.717, 1.165) is 0 Å². The van der Waals surface area contributed by atoms with Crippen LogP contribution in [0.2, 0.25) is 0 Å². The van der Waals surface area contributed by atoms with Gasteiger partial charge in [0.25, 0.3) is 0 Å². The molecular weight excluding hydrogens is 483 g/mol. The Morgan fingerprint density at radius 1 is 1.42 bits per heavy atom. The van der Waals surface area contributed by atoms with Crippen LogP contribution in [-0.4, -0.2) is 32.4 Å². The van der Waals surface area contributed by atoms with Crippen molar-refractivity contribution in [3.05, 3.63) is 69.6 Å². The lowest BCUT2D eigenvalue weighted by Crippen LogP contribution is -2.21. The molecule has 0 saturated heterocycles. The Morgan fingerprint density at radius 3 is 2.90 bits per heavy atom. The lowest BCUT2D eigenvalue weighted by atomic mass is 10.2. The van der Waals surface area contributed by atoms with E-state index in [1.54, 1.807) is 0 Å². The number of halogens is 4.